The summed E-state index contributed by atoms with van der Waals surface area (Å²) in [6.45, 7) is 2.06. The average molecular weight is 393 g/mol. The van der Waals surface area contributed by atoms with Gasteiger partial charge in [0.15, 0.2) is 5.13 Å². The molecule has 0 saturated heterocycles. The number of thiazole rings is 1. The van der Waals surface area contributed by atoms with E-state index in [9.17, 15) is 14.9 Å². The third-order valence-corrected chi connectivity index (χ3v) is 4.30. The van der Waals surface area contributed by atoms with Crippen LogP contribution in [0.25, 0.3) is 17.4 Å². The van der Waals surface area contributed by atoms with Crippen molar-refractivity contribution in [3.8, 4) is 17.4 Å². The van der Waals surface area contributed by atoms with Crippen molar-refractivity contribution in [1.29, 1.82) is 5.26 Å². The van der Waals surface area contributed by atoms with Crippen LogP contribution in [0.2, 0.25) is 0 Å². The number of hydrogen-bond acceptors (Lipinski definition) is 7. The summed E-state index contributed by atoms with van der Waals surface area (Å²) in [7, 11) is 0. The van der Waals surface area contributed by atoms with Crippen molar-refractivity contribution in [1.82, 2.24) is 4.98 Å². The van der Waals surface area contributed by atoms with E-state index in [0.717, 1.165) is 5.56 Å². The molecule has 0 aliphatic rings. The molecule has 140 valence electrons. The van der Waals surface area contributed by atoms with Gasteiger partial charge in [-0.05, 0) is 31.2 Å². The van der Waals surface area contributed by atoms with Crippen LogP contribution in [0.5, 0.6) is 0 Å². The molecule has 1 N–H and O–H groups in total. The lowest BCUT2D eigenvalue weighted by molar-refractivity contribution is -0.112. The summed E-state index contributed by atoms with van der Waals surface area (Å²) in [4.78, 5) is 27.8. The van der Waals surface area contributed by atoms with Gasteiger partial charge in [0, 0.05) is 23.2 Å². The summed E-state index contributed by atoms with van der Waals surface area (Å²) < 4.78 is 10.6. The second-order valence-electron chi connectivity index (χ2n) is 5.46. The summed E-state index contributed by atoms with van der Waals surface area (Å²) in [5.41, 5.74) is 1.09. The van der Waals surface area contributed by atoms with Gasteiger partial charge in [0.25, 0.3) is 5.91 Å². The lowest BCUT2D eigenvalue weighted by Gasteiger charge is -2.02. The van der Waals surface area contributed by atoms with Crippen LogP contribution in [0.3, 0.4) is 0 Å². The van der Waals surface area contributed by atoms with Crippen LogP contribution in [0.4, 0.5) is 5.13 Å². The molecule has 0 saturated carbocycles. The van der Waals surface area contributed by atoms with Crippen molar-refractivity contribution in [2.45, 2.75) is 6.92 Å². The summed E-state index contributed by atoms with van der Waals surface area (Å²) in [5, 5.41) is 13.9. The van der Waals surface area contributed by atoms with Crippen LogP contribution >= 0.6 is 11.3 Å². The first-order valence-corrected chi connectivity index (χ1v) is 9.18. The number of carbonyl (C=O) groups is 2. The molecule has 1 amide bonds. The smallest absolute Gasteiger partial charge is 0.338 e. The molecule has 3 rings (SSSR count). The fourth-order valence-electron chi connectivity index (χ4n) is 2.31. The number of ether oxygens (including phenoxy) is 1. The Kier molecular flexibility index (Phi) is 5.99. The number of carbonyl (C=O) groups excluding carboxylic acids is 2. The average Bonchev–Trinajstić information content (AvgIpc) is 3.38. The number of furan rings is 1. The van der Waals surface area contributed by atoms with Crippen LogP contribution in [0.15, 0.2) is 58.0 Å². The maximum atomic E-state index is 12.2. The number of benzene rings is 1. The fourth-order valence-corrected chi connectivity index (χ4v) is 2.83. The Morgan fingerprint density at radius 2 is 2.07 bits per heavy atom. The van der Waals surface area contributed by atoms with Gasteiger partial charge in [-0.1, -0.05) is 12.1 Å². The van der Waals surface area contributed by atoms with Crippen molar-refractivity contribution in [3.63, 3.8) is 0 Å². The van der Waals surface area contributed by atoms with E-state index in [0.29, 0.717) is 28.8 Å². The third-order valence-electron chi connectivity index (χ3n) is 3.61. The normalized spacial score (nSPS) is 10.9. The SMILES string of the molecule is CCOC(=O)c1ccc(-c2ccc(C=C(C#N)C(=O)Nc3nccs3)o2)cc1. The number of anilines is 1. The Bertz CT molecular complexity index is 1040. The number of hydrogen-bond donors (Lipinski definition) is 1. The molecule has 28 heavy (non-hydrogen) atoms. The largest absolute Gasteiger partial charge is 0.462 e. The van der Waals surface area contributed by atoms with Crippen molar-refractivity contribution in [2.75, 3.05) is 11.9 Å². The predicted octanol–water partition coefficient (Wildman–Crippen LogP) is 4.13. The molecule has 1 aromatic carbocycles. The molecule has 3 aromatic rings. The van der Waals surface area contributed by atoms with E-state index in [4.69, 9.17) is 9.15 Å². The predicted molar refractivity (Wildman–Crippen MR) is 104 cm³/mol. The maximum absolute atomic E-state index is 12.2. The summed E-state index contributed by atoms with van der Waals surface area (Å²) in [5.74, 6) is -0.0502. The Morgan fingerprint density at radius 3 is 2.71 bits per heavy atom. The van der Waals surface area contributed by atoms with Gasteiger partial charge < -0.3 is 9.15 Å². The highest BCUT2D eigenvalue weighted by Crippen LogP contribution is 2.24. The Balaban J connectivity index is 1.75. The van der Waals surface area contributed by atoms with Crippen molar-refractivity contribution < 1.29 is 18.7 Å². The molecular formula is C20H15N3O4S. The fraction of sp³-hybridized carbons (Fsp3) is 0.100. The maximum Gasteiger partial charge on any atom is 0.338 e. The topological polar surface area (TPSA) is 105 Å². The van der Waals surface area contributed by atoms with Crippen LogP contribution in [0, 0.1) is 11.3 Å². The lowest BCUT2D eigenvalue weighted by atomic mass is 10.1. The molecule has 7 nitrogen and oxygen atoms in total. The van der Waals surface area contributed by atoms with Crippen LogP contribution in [-0.2, 0) is 9.53 Å². The molecular weight excluding hydrogens is 378 g/mol. The third kappa shape index (κ3) is 4.52. The Hall–Kier alpha value is -3.70. The highest BCUT2D eigenvalue weighted by Gasteiger charge is 2.13. The van der Waals surface area contributed by atoms with E-state index in [1.54, 1.807) is 54.9 Å². The summed E-state index contributed by atoms with van der Waals surface area (Å²) >= 11 is 1.26. The van der Waals surface area contributed by atoms with Crippen molar-refractivity contribution in [2.24, 2.45) is 0 Å². The van der Waals surface area contributed by atoms with Crippen LogP contribution < -0.4 is 5.32 Å². The first-order valence-electron chi connectivity index (χ1n) is 8.30. The molecule has 0 atom stereocenters. The molecule has 0 bridgehead atoms. The molecule has 0 aliphatic heterocycles. The van der Waals surface area contributed by atoms with Gasteiger partial charge in [-0.2, -0.15) is 5.26 Å². The van der Waals surface area contributed by atoms with E-state index < -0.39 is 5.91 Å². The van der Waals surface area contributed by atoms with Crippen LogP contribution in [0.1, 0.15) is 23.0 Å². The highest BCUT2D eigenvalue weighted by molar-refractivity contribution is 7.13. The van der Waals surface area contributed by atoms with E-state index >= 15 is 0 Å². The monoisotopic (exact) mass is 393 g/mol. The van der Waals surface area contributed by atoms with Gasteiger partial charge >= 0.3 is 5.97 Å². The molecule has 0 spiro atoms. The van der Waals surface area contributed by atoms with Crippen LogP contribution in [-0.4, -0.2) is 23.5 Å². The number of nitriles is 1. The van der Waals surface area contributed by atoms with Gasteiger partial charge in [0.05, 0.1) is 12.2 Å². The van der Waals surface area contributed by atoms with E-state index in [2.05, 4.69) is 10.3 Å². The first-order chi connectivity index (χ1) is 13.6. The summed E-state index contributed by atoms with van der Waals surface area (Å²) in [6.07, 6.45) is 2.92. The second-order valence-corrected chi connectivity index (χ2v) is 6.36. The number of aromatic nitrogens is 1. The Morgan fingerprint density at radius 1 is 1.29 bits per heavy atom. The molecule has 0 radical (unpaired) electrons. The zero-order chi connectivity index (χ0) is 19.9. The Labute approximate surface area is 164 Å². The lowest BCUT2D eigenvalue weighted by Crippen LogP contribution is -2.13. The van der Waals surface area contributed by atoms with Gasteiger partial charge in [0.2, 0.25) is 0 Å². The minimum atomic E-state index is -0.561. The molecule has 0 fully saturated rings. The second kappa shape index (κ2) is 8.79. The van der Waals surface area contributed by atoms with Gasteiger partial charge in [0.1, 0.15) is 23.2 Å². The quantitative estimate of drug-likeness (QED) is 0.384. The number of nitrogens with one attached hydrogen (secondary N) is 1. The van der Waals surface area contributed by atoms with Gasteiger partial charge in [-0.25, -0.2) is 9.78 Å². The standard InChI is InChI=1S/C20H15N3O4S/c1-2-26-19(25)14-5-3-13(4-6-14)17-8-7-16(27-17)11-15(12-21)18(24)23-20-22-9-10-28-20/h3-11H,2H2,1H3,(H,22,23,24). The molecule has 0 unspecified atom stereocenters. The van der Waals surface area contributed by atoms with Gasteiger partial charge in [-0.15, -0.1) is 11.3 Å². The van der Waals surface area contributed by atoms with E-state index in [1.807, 2.05) is 6.07 Å². The van der Waals surface area contributed by atoms with E-state index in [1.165, 1.54) is 17.4 Å². The number of rotatable bonds is 6. The number of amides is 1. The van der Waals surface area contributed by atoms with Gasteiger partial charge in [-0.3, -0.25) is 10.1 Å². The zero-order valence-electron chi connectivity index (χ0n) is 14.8. The minimum absolute atomic E-state index is 0.103. The minimum Gasteiger partial charge on any atom is -0.462 e. The molecule has 8 heteroatoms. The number of nitrogens with zero attached hydrogens (tertiary/aromatic N) is 2. The molecule has 2 aromatic heterocycles. The zero-order valence-corrected chi connectivity index (χ0v) is 15.7. The summed E-state index contributed by atoms with van der Waals surface area (Å²) in [6, 6.07) is 12.0. The molecule has 0 aliphatic carbocycles. The van der Waals surface area contributed by atoms with Crippen molar-refractivity contribution in [3.05, 3.63) is 64.9 Å². The molecule has 2 heterocycles. The van der Waals surface area contributed by atoms with E-state index in [-0.39, 0.29) is 11.5 Å². The van der Waals surface area contributed by atoms with Crippen molar-refractivity contribution >= 4 is 34.4 Å². The first kappa shape index (κ1) is 19.1. The highest BCUT2D eigenvalue weighted by atomic mass is 32.1. The number of esters is 1.